The SMILES string of the molecule is C[C@@H]1CN(Cc2nc3c(c(=O)n(C)c(=O)n3C)n2CCCO)C[C@@H](C)O1. The number of nitrogens with zero attached hydrogens (tertiary/aromatic N) is 5. The molecular formula is C17H27N5O4. The van der Waals surface area contributed by atoms with Crippen LogP contribution in [0.3, 0.4) is 0 Å². The number of rotatable bonds is 5. The van der Waals surface area contributed by atoms with E-state index < -0.39 is 5.69 Å². The minimum absolute atomic E-state index is 0.0246. The van der Waals surface area contributed by atoms with Crippen LogP contribution in [-0.2, 0) is 31.9 Å². The lowest BCUT2D eigenvalue weighted by molar-refractivity contribution is -0.0712. The second-order valence-electron chi connectivity index (χ2n) is 7.09. The molecule has 3 heterocycles. The lowest BCUT2D eigenvalue weighted by Gasteiger charge is -2.35. The van der Waals surface area contributed by atoms with Crippen molar-refractivity contribution < 1.29 is 9.84 Å². The summed E-state index contributed by atoms with van der Waals surface area (Å²) in [5.41, 5.74) is 0.0470. The number of aryl methyl sites for hydroxylation is 2. The van der Waals surface area contributed by atoms with Crippen molar-refractivity contribution >= 4 is 11.2 Å². The molecule has 9 heteroatoms. The van der Waals surface area contributed by atoms with Crippen LogP contribution in [0.5, 0.6) is 0 Å². The van der Waals surface area contributed by atoms with Crippen LogP contribution in [0.2, 0.25) is 0 Å². The average Bonchev–Trinajstić information content (AvgIpc) is 2.93. The van der Waals surface area contributed by atoms with Crippen molar-refractivity contribution in [1.29, 1.82) is 0 Å². The predicted molar refractivity (Wildman–Crippen MR) is 97.2 cm³/mol. The molecule has 0 spiro atoms. The lowest BCUT2D eigenvalue weighted by Crippen LogP contribution is -2.45. The maximum absolute atomic E-state index is 12.7. The van der Waals surface area contributed by atoms with Crippen LogP contribution < -0.4 is 11.2 Å². The maximum Gasteiger partial charge on any atom is 0.332 e. The van der Waals surface area contributed by atoms with Crippen molar-refractivity contribution in [2.45, 2.75) is 45.6 Å². The number of morpholine rings is 1. The van der Waals surface area contributed by atoms with Gasteiger partial charge in [-0.05, 0) is 20.3 Å². The van der Waals surface area contributed by atoms with E-state index in [0.29, 0.717) is 30.7 Å². The standard InChI is InChI=1S/C17H27N5O4/c1-11-8-21(9-12(2)26-11)10-13-18-15-14(22(13)6-5-7-23)16(24)20(4)17(25)19(15)3/h11-12,23H,5-10H2,1-4H3/t11-,12-/m1/s1. The first kappa shape index (κ1) is 18.8. The molecule has 0 unspecified atom stereocenters. The molecule has 9 nitrogen and oxygen atoms in total. The zero-order valence-electron chi connectivity index (χ0n) is 15.8. The van der Waals surface area contributed by atoms with E-state index in [4.69, 9.17) is 4.74 Å². The highest BCUT2D eigenvalue weighted by Crippen LogP contribution is 2.17. The summed E-state index contributed by atoms with van der Waals surface area (Å²) in [6, 6.07) is 0. The zero-order chi connectivity index (χ0) is 19.0. The van der Waals surface area contributed by atoms with Crippen molar-refractivity contribution in [3.63, 3.8) is 0 Å². The number of ether oxygens (including phenoxy) is 1. The smallest absolute Gasteiger partial charge is 0.332 e. The Bertz CT molecular complexity index is 902. The van der Waals surface area contributed by atoms with E-state index in [9.17, 15) is 14.7 Å². The Morgan fingerprint density at radius 2 is 1.81 bits per heavy atom. The number of hydrogen-bond donors (Lipinski definition) is 1. The van der Waals surface area contributed by atoms with Gasteiger partial charge in [-0.1, -0.05) is 0 Å². The summed E-state index contributed by atoms with van der Waals surface area (Å²) in [6.45, 7) is 6.71. The second kappa shape index (κ2) is 7.34. The van der Waals surface area contributed by atoms with Gasteiger partial charge in [0.1, 0.15) is 5.82 Å². The summed E-state index contributed by atoms with van der Waals surface area (Å²) in [5, 5.41) is 9.24. The first-order chi connectivity index (χ1) is 12.3. The van der Waals surface area contributed by atoms with E-state index in [1.54, 1.807) is 7.05 Å². The van der Waals surface area contributed by atoms with Gasteiger partial charge in [0.15, 0.2) is 11.2 Å². The van der Waals surface area contributed by atoms with Crippen molar-refractivity contribution in [2.75, 3.05) is 19.7 Å². The molecule has 0 bridgehead atoms. The molecule has 1 N–H and O–H groups in total. The Morgan fingerprint density at radius 1 is 1.15 bits per heavy atom. The van der Waals surface area contributed by atoms with Gasteiger partial charge in [0.25, 0.3) is 5.56 Å². The topological polar surface area (TPSA) is 94.5 Å². The fourth-order valence-electron chi connectivity index (χ4n) is 3.70. The number of aliphatic hydroxyl groups excluding tert-OH is 1. The highest BCUT2D eigenvalue weighted by molar-refractivity contribution is 5.71. The van der Waals surface area contributed by atoms with Gasteiger partial charge in [-0.25, -0.2) is 9.78 Å². The van der Waals surface area contributed by atoms with Gasteiger partial charge in [-0.15, -0.1) is 0 Å². The summed E-state index contributed by atoms with van der Waals surface area (Å²) < 4.78 is 10.1. The summed E-state index contributed by atoms with van der Waals surface area (Å²) in [5.74, 6) is 0.730. The van der Waals surface area contributed by atoms with E-state index in [0.717, 1.165) is 23.5 Å². The molecule has 0 aromatic carbocycles. The molecule has 1 saturated heterocycles. The van der Waals surface area contributed by atoms with Crippen LogP contribution in [0.25, 0.3) is 11.2 Å². The van der Waals surface area contributed by atoms with E-state index in [1.807, 2.05) is 18.4 Å². The van der Waals surface area contributed by atoms with E-state index in [-0.39, 0.29) is 24.4 Å². The Balaban J connectivity index is 2.09. The van der Waals surface area contributed by atoms with Crippen LogP contribution in [0, 0.1) is 0 Å². The Kier molecular flexibility index (Phi) is 5.31. The summed E-state index contributed by atoms with van der Waals surface area (Å²) in [6.07, 6.45) is 0.776. The van der Waals surface area contributed by atoms with Gasteiger partial charge in [0, 0.05) is 40.3 Å². The molecule has 1 aliphatic rings. The Hall–Kier alpha value is -1.97. The average molecular weight is 365 g/mol. The predicted octanol–water partition coefficient (Wildman–Crippen LogP) is -0.575. The number of hydrogen-bond acceptors (Lipinski definition) is 6. The monoisotopic (exact) mass is 365 g/mol. The third-order valence-corrected chi connectivity index (χ3v) is 4.83. The first-order valence-electron chi connectivity index (χ1n) is 8.97. The molecule has 0 radical (unpaired) electrons. The summed E-state index contributed by atoms with van der Waals surface area (Å²) >= 11 is 0. The van der Waals surface area contributed by atoms with E-state index in [2.05, 4.69) is 9.88 Å². The first-order valence-corrected chi connectivity index (χ1v) is 8.97. The molecule has 1 fully saturated rings. The molecule has 3 rings (SSSR count). The van der Waals surface area contributed by atoms with Crippen molar-refractivity contribution in [3.05, 3.63) is 26.7 Å². The third-order valence-electron chi connectivity index (χ3n) is 4.83. The second-order valence-corrected chi connectivity index (χ2v) is 7.09. The molecular weight excluding hydrogens is 338 g/mol. The molecule has 0 aliphatic carbocycles. The zero-order valence-corrected chi connectivity index (χ0v) is 15.8. The number of aromatic nitrogens is 4. The highest BCUT2D eigenvalue weighted by Gasteiger charge is 2.25. The molecule has 144 valence electrons. The quantitative estimate of drug-likeness (QED) is 0.762. The lowest BCUT2D eigenvalue weighted by atomic mass is 10.2. The largest absolute Gasteiger partial charge is 0.396 e. The van der Waals surface area contributed by atoms with Gasteiger partial charge in [-0.3, -0.25) is 18.8 Å². The Morgan fingerprint density at radius 3 is 2.42 bits per heavy atom. The molecule has 1 aliphatic heterocycles. The van der Waals surface area contributed by atoms with Crippen molar-refractivity contribution in [1.82, 2.24) is 23.6 Å². The van der Waals surface area contributed by atoms with E-state index in [1.165, 1.54) is 11.6 Å². The van der Waals surface area contributed by atoms with E-state index >= 15 is 0 Å². The van der Waals surface area contributed by atoms with Crippen LogP contribution >= 0.6 is 0 Å². The summed E-state index contributed by atoms with van der Waals surface area (Å²) in [7, 11) is 3.09. The molecule has 2 aromatic heterocycles. The number of imidazole rings is 1. The molecule has 0 amide bonds. The number of fused-ring (bicyclic) bond motifs is 1. The van der Waals surface area contributed by atoms with Crippen LogP contribution in [0.15, 0.2) is 9.59 Å². The summed E-state index contributed by atoms with van der Waals surface area (Å²) in [4.78, 5) is 31.8. The molecule has 26 heavy (non-hydrogen) atoms. The molecule has 2 aromatic rings. The van der Waals surface area contributed by atoms with Crippen LogP contribution in [-0.4, -0.2) is 60.6 Å². The van der Waals surface area contributed by atoms with Gasteiger partial charge in [0.05, 0.1) is 18.8 Å². The maximum atomic E-state index is 12.7. The van der Waals surface area contributed by atoms with Crippen LogP contribution in [0.4, 0.5) is 0 Å². The molecule has 0 saturated carbocycles. The minimum Gasteiger partial charge on any atom is -0.396 e. The van der Waals surface area contributed by atoms with Gasteiger partial charge in [0.2, 0.25) is 0 Å². The Labute approximate surface area is 151 Å². The fraction of sp³-hybridized carbons (Fsp3) is 0.706. The van der Waals surface area contributed by atoms with Crippen LogP contribution in [0.1, 0.15) is 26.1 Å². The van der Waals surface area contributed by atoms with Gasteiger partial charge >= 0.3 is 5.69 Å². The minimum atomic E-state index is -0.394. The normalized spacial score (nSPS) is 21.6. The number of aliphatic hydroxyl groups is 1. The van der Waals surface area contributed by atoms with Gasteiger partial charge in [-0.2, -0.15) is 0 Å². The van der Waals surface area contributed by atoms with Crippen molar-refractivity contribution in [3.8, 4) is 0 Å². The third kappa shape index (κ3) is 3.34. The fourth-order valence-corrected chi connectivity index (χ4v) is 3.70. The van der Waals surface area contributed by atoms with Crippen molar-refractivity contribution in [2.24, 2.45) is 14.1 Å². The highest BCUT2D eigenvalue weighted by atomic mass is 16.5. The molecule has 2 atom stereocenters. The van der Waals surface area contributed by atoms with Gasteiger partial charge < -0.3 is 14.4 Å².